The molecule has 5 rings (SSSR count). The van der Waals surface area contributed by atoms with Crippen LogP contribution in [-0.4, -0.2) is 32.5 Å². The van der Waals surface area contributed by atoms with Crippen LogP contribution in [0.1, 0.15) is 36.0 Å². The van der Waals surface area contributed by atoms with Crippen molar-refractivity contribution in [1.29, 1.82) is 0 Å². The minimum atomic E-state index is -0.108. The predicted octanol–water partition coefficient (Wildman–Crippen LogP) is 4.00. The second-order valence-electron chi connectivity index (χ2n) is 8.12. The molecule has 2 heterocycles. The number of nitrogens with two attached hydrogens (primary N) is 1. The van der Waals surface area contributed by atoms with Gasteiger partial charge in [-0.1, -0.05) is 12.1 Å². The van der Waals surface area contributed by atoms with Gasteiger partial charge in [-0.3, -0.25) is 4.99 Å². The highest BCUT2D eigenvalue weighted by molar-refractivity contribution is 14.0. The topological polar surface area (TPSA) is 78.1 Å². The summed E-state index contributed by atoms with van der Waals surface area (Å²) in [6.45, 7) is 2.34. The van der Waals surface area contributed by atoms with Crippen LogP contribution in [0, 0.1) is 0 Å². The molecule has 0 saturated carbocycles. The number of aryl methyl sites for hydroxylation is 2. The predicted molar refractivity (Wildman–Crippen MR) is 128 cm³/mol. The summed E-state index contributed by atoms with van der Waals surface area (Å²) in [5, 5.41) is 3.27. The molecule has 2 aliphatic heterocycles. The van der Waals surface area contributed by atoms with Crippen LogP contribution in [0.5, 0.6) is 11.5 Å². The molecule has 0 amide bonds. The van der Waals surface area contributed by atoms with Gasteiger partial charge in [-0.2, -0.15) is 0 Å². The number of nitrogens with zero attached hydrogens (tertiary/aromatic N) is 1. The van der Waals surface area contributed by atoms with Crippen LogP contribution < -0.4 is 20.5 Å². The maximum Gasteiger partial charge on any atom is 0.231 e. The second kappa shape index (κ2) is 9.01. The molecule has 0 atom stereocenters. The number of aliphatic imine (C=N–C) groups is 1. The van der Waals surface area contributed by atoms with E-state index in [-0.39, 0.29) is 36.2 Å². The maximum atomic E-state index is 6.26. The average molecular weight is 521 g/mol. The van der Waals surface area contributed by atoms with Crippen molar-refractivity contribution in [2.24, 2.45) is 10.7 Å². The number of fused-ring (bicyclic) bond motifs is 2. The molecule has 1 aliphatic carbocycles. The average Bonchev–Trinajstić information content (AvgIpc) is 3.41. The number of halogens is 1. The number of guanidine groups is 1. The highest BCUT2D eigenvalue weighted by Crippen LogP contribution is 2.41. The smallest absolute Gasteiger partial charge is 0.231 e. The van der Waals surface area contributed by atoms with E-state index in [1.54, 1.807) is 0 Å². The van der Waals surface area contributed by atoms with Crippen LogP contribution in [-0.2, 0) is 23.0 Å². The van der Waals surface area contributed by atoms with Gasteiger partial charge in [0.2, 0.25) is 6.79 Å². The maximum absolute atomic E-state index is 6.26. The zero-order valence-electron chi connectivity index (χ0n) is 17.0. The van der Waals surface area contributed by atoms with Crippen LogP contribution in [0.3, 0.4) is 0 Å². The Labute approximate surface area is 194 Å². The number of anilines is 1. The van der Waals surface area contributed by atoms with Crippen LogP contribution in [0.25, 0.3) is 0 Å². The van der Waals surface area contributed by atoms with Gasteiger partial charge in [0.05, 0.1) is 6.54 Å². The molecule has 7 heteroatoms. The fraction of sp³-hybridized carbons (Fsp3) is 0.435. The molecule has 1 fully saturated rings. The number of hydrogen-bond donors (Lipinski definition) is 2. The van der Waals surface area contributed by atoms with Crippen molar-refractivity contribution in [1.82, 2.24) is 0 Å². The monoisotopic (exact) mass is 521 g/mol. The van der Waals surface area contributed by atoms with Crippen molar-refractivity contribution in [3.8, 4) is 11.5 Å². The van der Waals surface area contributed by atoms with Crippen LogP contribution in [0.2, 0.25) is 0 Å². The fourth-order valence-electron chi connectivity index (χ4n) is 4.60. The van der Waals surface area contributed by atoms with E-state index in [9.17, 15) is 0 Å². The first-order valence-corrected chi connectivity index (χ1v) is 10.4. The molecule has 2 aromatic rings. The Morgan fingerprint density at radius 1 is 1.00 bits per heavy atom. The summed E-state index contributed by atoms with van der Waals surface area (Å²) in [6, 6.07) is 12.7. The Kier molecular flexibility index (Phi) is 6.38. The zero-order valence-corrected chi connectivity index (χ0v) is 19.3. The summed E-state index contributed by atoms with van der Waals surface area (Å²) in [5.74, 6) is 2.06. The molecule has 3 N–H and O–H groups in total. The van der Waals surface area contributed by atoms with Crippen LogP contribution in [0.4, 0.5) is 5.69 Å². The molecule has 0 bridgehead atoms. The lowest BCUT2D eigenvalue weighted by molar-refractivity contribution is 0.0531. The molecule has 0 spiro atoms. The van der Waals surface area contributed by atoms with Gasteiger partial charge in [0.15, 0.2) is 17.5 Å². The Balaban J connectivity index is 0.00000218. The van der Waals surface area contributed by atoms with Crippen molar-refractivity contribution in [3.63, 3.8) is 0 Å². The Bertz CT molecular complexity index is 941. The van der Waals surface area contributed by atoms with Gasteiger partial charge >= 0.3 is 0 Å². The molecule has 0 unspecified atom stereocenters. The van der Waals surface area contributed by atoms with E-state index in [2.05, 4.69) is 35.6 Å². The summed E-state index contributed by atoms with van der Waals surface area (Å²) >= 11 is 0. The summed E-state index contributed by atoms with van der Waals surface area (Å²) in [6.07, 6.45) is 5.38. The van der Waals surface area contributed by atoms with Crippen LogP contribution in [0.15, 0.2) is 41.4 Å². The lowest BCUT2D eigenvalue weighted by Gasteiger charge is -2.36. The van der Waals surface area contributed by atoms with Gasteiger partial charge in [0.1, 0.15) is 0 Å². The summed E-state index contributed by atoms with van der Waals surface area (Å²) < 4.78 is 16.7. The number of nitrogens with one attached hydrogen (secondary N) is 1. The van der Waals surface area contributed by atoms with Crippen molar-refractivity contribution >= 4 is 35.6 Å². The standard InChI is InChI=1S/C23H27N3O3.HI/c24-22(26-19-6-4-16-2-1-3-17(16)12-19)25-14-23(8-10-27-11-9-23)18-5-7-20-21(13-18)29-15-28-20;/h4-7,12-13H,1-3,8-11,14-15H2,(H3,24,25,26);1H. The normalized spacial score (nSPS) is 19.1. The highest BCUT2D eigenvalue weighted by Gasteiger charge is 2.35. The van der Waals surface area contributed by atoms with E-state index in [0.717, 1.165) is 49.7 Å². The first-order valence-electron chi connectivity index (χ1n) is 10.4. The molecule has 2 aromatic carbocycles. The zero-order chi connectivity index (χ0) is 19.7. The molecule has 160 valence electrons. The van der Waals surface area contributed by atoms with E-state index in [1.165, 1.54) is 29.5 Å². The Morgan fingerprint density at radius 2 is 1.80 bits per heavy atom. The van der Waals surface area contributed by atoms with Gasteiger partial charge in [0.25, 0.3) is 0 Å². The first kappa shape index (κ1) is 21.2. The van der Waals surface area contributed by atoms with E-state index in [1.807, 2.05) is 6.07 Å². The third kappa shape index (κ3) is 4.23. The largest absolute Gasteiger partial charge is 0.454 e. The molecule has 3 aliphatic rings. The fourth-order valence-corrected chi connectivity index (χ4v) is 4.60. The Morgan fingerprint density at radius 3 is 2.67 bits per heavy atom. The van der Waals surface area contributed by atoms with E-state index in [0.29, 0.717) is 12.5 Å². The van der Waals surface area contributed by atoms with Gasteiger partial charge < -0.3 is 25.3 Å². The summed E-state index contributed by atoms with van der Waals surface area (Å²) in [7, 11) is 0. The molecule has 0 radical (unpaired) electrons. The van der Waals surface area contributed by atoms with Gasteiger partial charge in [0, 0.05) is 24.3 Å². The molecular weight excluding hydrogens is 493 g/mol. The van der Waals surface area contributed by atoms with Crippen molar-refractivity contribution in [3.05, 3.63) is 53.1 Å². The number of hydrogen-bond acceptors (Lipinski definition) is 4. The molecule has 30 heavy (non-hydrogen) atoms. The third-order valence-electron chi connectivity index (χ3n) is 6.36. The van der Waals surface area contributed by atoms with Crippen molar-refractivity contribution in [2.75, 3.05) is 31.9 Å². The Hall–Kier alpha value is -2.00. The van der Waals surface area contributed by atoms with Gasteiger partial charge in [-0.05, 0) is 73.1 Å². The molecule has 0 aromatic heterocycles. The minimum Gasteiger partial charge on any atom is -0.454 e. The molecule has 1 saturated heterocycles. The lowest BCUT2D eigenvalue weighted by Crippen LogP contribution is -2.38. The van der Waals surface area contributed by atoms with E-state index < -0.39 is 0 Å². The quantitative estimate of drug-likeness (QED) is 0.362. The summed E-state index contributed by atoms with van der Waals surface area (Å²) in [5.41, 5.74) is 11.2. The minimum absolute atomic E-state index is 0. The molecule has 6 nitrogen and oxygen atoms in total. The van der Waals surface area contributed by atoms with Crippen LogP contribution >= 0.6 is 24.0 Å². The summed E-state index contributed by atoms with van der Waals surface area (Å²) in [4.78, 5) is 4.73. The van der Waals surface area contributed by atoms with Crippen molar-refractivity contribution < 1.29 is 14.2 Å². The lowest BCUT2D eigenvalue weighted by atomic mass is 9.74. The van der Waals surface area contributed by atoms with Gasteiger partial charge in [-0.25, -0.2) is 0 Å². The third-order valence-corrected chi connectivity index (χ3v) is 6.36. The van der Waals surface area contributed by atoms with Gasteiger partial charge in [-0.15, -0.1) is 24.0 Å². The molecular formula is C23H28IN3O3. The number of ether oxygens (including phenoxy) is 3. The SMILES string of the molecule is I.NC(=NCC1(c2ccc3c(c2)OCO3)CCOCC1)Nc1ccc2c(c1)CCC2. The van der Waals surface area contributed by atoms with Crippen molar-refractivity contribution in [2.45, 2.75) is 37.5 Å². The number of rotatable bonds is 4. The number of benzene rings is 2. The van der Waals surface area contributed by atoms with E-state index >= 15 is 0 Å². The second-order valence-corrected chi connectivity index (χ2v) is 8.12. The van der Waals surface area contributed by atoms with E-state index in [4.69, 9.17) is 24.9 Å². The highest BCUT2D eigenvalue weighted by atomic mass is 127. The first-order chi connectivity index (χ1) is 14.2.